The second-order valence-corrected chi connectivity index (χ2v) is 5.35. The molecule has 1 aliphatic rings. The van der Waals surface area contributed by atoms with Crippen LogP contribution in [0.15, 0.2) is 18.2 Å². The second kappa shape index (κ2) is 6.24. The van der Waals surface area contributed by atoms with Crippen molar-refractivity contribution in [1.82, 2.24) is 0 Å². The van der Waals surface area contributed by atoms with Gasteiger partial charge in [0.05, 0.1) is 5.56 Å². The predicted octanol–water partition coefficient (Wildman–Crippen LogP) is 4.50. The standard InChI is InChI=1S/C15H19ClO2/c1-2-11-5-3-4-6-14(11)18-15-8-7-13(16)9-12(15)10-17/h7-11,14H,2-6H2,1H3. The molecular formula is C15H19ClO2. The Hall–Kier alpha value is -1.02. The Labute approximate surface area is 113 Å². The molecule has 0 aliphatic heterocycles. The van der Waals surface area contributed by atoms with E-state index in [0.29, 0.717) is 22.3 Å². The lowest BCUT2D eigenvalue weighted by Crippen LogP contribution is -2.30. The highest BCUT2D eigenvalue weighted by Crippen LogP contribution is 2.32. The van der Waals surface area contributed by atoms with Crippen LogP contribution in [0.1, 0.15) is 49.4 Å². The maximum Gasteiger partial charge on any atom is 0.153 e. The Morgan fingerprint density at radius 2 is 2.17 bits per heavy atom. The quantitative estimate of drug-likeness (QED) is 0.750. The van der Waals surface area contributed by atoms with E-state index >= 15 is 0 Å². The van der Waals surface area contributed by atoms with Crippen LogP contribution in [0.2, 0.25) is 5.02 Å². The van der Waals surface area contributed by atoms with Crippen LogP contribution < -0.4 is 4.74 Å². The minimum absolute atomic E-state index is 0.239. The molecule has 1 aliphatic carbocycles. The fourth-order valence-electron chi connectivity index (χ4n) is 2.68. The summed E-state index contributed by atoms with van der Waals surface area (Å²) >= 11 is 5.88. The lowest BCUT2D eigenvalue weighted by atomic mass is 9.84. The first kappa shape index (κ1) is 13.4. The van der Waals surface area contributed by atoms with Crippen molar-refractivity contribution in [2.24, 2.45) is 5.92 Å². The summed E-state index contributed by atoms with van der Waals surface area (Å²) in [6.45, 7) is 2.20. The zero-order valence-corrected chi connectivity index (χ0v) is 11.5. The molecule has 0 amide bonds. The Morgan fingerprint density at radius 1 is 1.39 bits per heavy atom. The van der Waals surface area contributed by atoms with Gasteiger partial charge in [0, 0.05) is 5.02 Å². The summed E-state index contributed by atoms with van der Waals surface area (Å²) < 4.78 is 6.05. The van der Waals surface area contributed by atoms with E-state index < -0.39 is 0 Å². The van der Waals surface area contributed by atoms with E-state index in [2.05, 4.69) is 6.92 Å². The van der Waals surface area contributed by atoms with Crippen LogP contribution in [0, 0.1) is 5.92 Å². The molecule has 2 unspecified atom stereocenters. The highest BCUT2D eigenvalue weighted by atomic mass is 35.5. The number of rotatable bonds is 4. The van der Waals surface area contributed by atoms with Gasteiger partial charge in [-0.2, -0.15) is 0 Å². The molecule has 18 heavy (non-hydrogen) atoms. The number of carbonyl (C=O) groups is 1. The van der Waals surface area contributed by atoms with Crippen molar-refractivity contribution in [3.05, 3.63) is 28.8 Å². The molecule has 2 rings (SSSR count). The van der Waals surface area contributed by atoms with Crippen LogP contribution in [-0.2, 0) is 0 Å². The zero-order chi connectivity index (χ0) is 13.0. The van der Waals surface area contributed by atoms with Crippen molar-refractivity contribution >= 4 is 17.9 Å². The van der Waals surface area contributed by atoms with E-state index in [1.807, 2.05) is 0 Å². The Balaban J connectivity index is 2.14. The molecule has 98 valence electrons. The van der Waals surface area contributed by atoms with Gasteiger partial charge in [-0.25, -0.2) is 0 Å². The van der Waals surface area contributed by atoms with Gasteiger partial charge >= 0.3 is 0 Å². The molecule has 0 bridgehead atoms. The third-order valence-electron chi connectivity index (χ3n) is 3.74. The van der Waals surface area contributed by atoms with E-state index in [9.17, 15) is 4.79 Å². The van der Waals surface area contributed by atoms with Gasteiger partial charge in [0.1, 0.15) is 11.9 Å². The van der Waals surface area contributed by atoms with E-state index in [1.54, 1.807) is 18.2 Å². The molecule has 0 heterocycles. The van der Waals surface area contributed by atoms with Gasteiger partial charge in [0.2, 0.25) is 0 Å². The van der Waals surface area contributed by atoms with Crippen molar-refractivity contribution < 1.29 is 9.53 Å². The smallest absolute Gasteiger partial charge is 0.153 e. The van der Waals surface area contributed by atoms with E-state index in [4.69, 9.17) is 16.3 Å². The van der Waals surface area contributed by atoms with Gasteiger partial charge in [0.15, 0.2) is 6.29 Å². The molecule has 2 atom stereocenters. The second-order valence-electron chi connectivity index (χ2n) is 4.91. The summed E-state index contributed by atoms with van der Waals surface area (Å²) in [7, 11) is 0. The summed E-state index contributed by atoms with van der Waals surface area (Å²) in [4.78, 5) is 11.0. The van der Waals surface area contributed by atoms with Crippen LogP contribution in [0.5, 0.6) is 5.75 Å². The summed E-state index contributed by atoms with van der Waals surface area (Å²) in [5.74, 6) is 1.27. The van der Waals surface area contributed by atoms with Crippen molar-refractivity contribution in [2.75, 3.05) is 0 Å². The summed E-state index contributed by atoms with van der Waals surface area (Å²) in [6, 6.07) is 5.23. The van der Waals surface area contributed by atoms with Crippen LogP contribution in [-0.4, -0.2) is 12.4 Å². The molecule has 0 aromatic heterocycles. The van der Waals surface area contributed by atoms with Crippen LogP contribution >= 0.6 is 11.6 Å². The van der Waals surface area contributed by atoms with E-state index in [0.717, 1.165) is 19.1 Å². The molecule has 3 heteroatoms. The van der Waals surface area contributed by atoms with Crippen LogP contribution in [0.4, 0.5) is 0 Å². The monoisotopic (exact) mass is 266 g/mol. The third kappa shape index (κ3) is 3.05. The number of aldehydes is 1. The first-order valence-electron chi connectivity index (χ1n) is 6.66. The van der Waals surface area contributed by atoms with Gasteiger partial charge in [-0.05, 0) is 49.8 Å². The number of ether oxygens (including phenoxy) is 1. The largest absolute Gasteiger partial charge is 0.489 e. The molecule has 1 aromatic rings. The Kier molecular flexibility index (Phi) is 4.65. The average molecular weight is 267 g/mol. The lowest BCUT2D eigenvalue weighted by molar-refractivity contribution is 0.0884. The minimum Gasteiger partial charge on any atom is -0.489 e. The van der Waals surface area contributed by atoms with Gasteiger partial charge in [0.25, 0.3) is 0 Å². The number of carbonyl (C=O) groups excluding carboxylic acids is 1. The first-order valence-corrected chi connectivity index (χ1v) is 7.03. The maximum absolute atomic E-state index is 11.0. The summed E-state index contributed by atoms with van der Waals surface area (Å²) in [5, 5.41) is 0.570. The van der Waals surface area contributed by atoms with Crippen molar-refractivity contribution in [2.45, 2.75) is 45.1 Å². The van der Waals surface area contributed by atoms with Crippen LogP contribution in [0.3, 0.4) is 0 Å². The molecule has 0 saturated heterocycles. The number of hydrogen-bond donors (Lipinski definition) is 0. The molecule has 1 fully saturated rings. The van der Waals surface area contributed by atoms with E-state index in [1.165, 1.54) is 19.3 Å². The molecule has 2 nitrogen and oxygen atoms in total. The average Bonchev–Trinajstić information content (AvgIpc) is 2.41. The Bertz CT molecular complexity index is 417. The highest BCUT2D eigenvalue weighted by Gasteiger charge is 2.25. The van der Waals surface area contributed by atoms with Crippen molar-refractivity contribution in [1.29, 1.82) is 0 Å². The van der Waals surface area contributed by atoms with Crippen LogP contribution in [0.25, 0.3) is 0 Å². The molecule has 0 spiro atoms. The first-order chi connectivity index (χ1) is 8.74. The maximum atomic E-state index is 11.0. The summed E-state index contributed by atoms with van der Waals surface area (Å²) in [6.07, 6.45) is 7.00. The molecular weight excluding hydrogens is 248 g/mol. The number of benzene rings is 1. The number of hydrogen-bond acceptors (Lipinski definition) is 2. The van der Waals surface area contributed by atoms with Gasteiger partial charge in [-0.1, -0.05) is 24.9 Å². The topological polar surface area (TPSA) is 26.3 Å². The zero-order valence-electron chi connectivity index (χ0n) is 10.7. The molecule has 0 N–H and O–H groups in total. The number of halogens is 1. The van der Waals surface area contributed by atoms with Crippen molar-refractivity contribution in [3.63, 3.8) is 0 Å². The normalized spacial score (nSPS) is 23.7. The van der Waals surface area contributed by atoms with E-state index in [-0.39, 0.29) is 6.10 Å². The predicted molar refractivity (Wildman–Crippen MR) is 73.5 cm³/mol. The Morgan fingerprint density at radius 3 is 2.89 bits per heavy atom. The molecule has 1 aromatic carbocycles. The molecule has 0 radical (unpaired) electrons. The highest BCUT2D eigenvalue weighted by molar-refractivity contribution is 6.30. The third-order valence-corrected chi connectivity index (χ3v) is 3.98. The SMILES string of the molecule is CCC1CCCCC1Oc1ccc(Cl)cc1C=O. The molecule has 1 saturated carbocycles. The fourth-order valence-corrected chi connectivity index (χ4v) is 2.86. The van der Waals surface area contributed by atoms with Gasteiger partial charge in [-0.15, -0.1) is 0 Å². The summed E-state index contributed by atoms with van der Waals surface area (Å²) in [5.41, 5.74) is 0.544. The van der Waals surface area contributed by atoms with Gasteiger partial charge < -0.3 is 4.74 Å². The van der Waals surface area contributed by atoms with Gasteiger partial charge in [-0.3, -0.25) is 4.79 Å². The lowest BCUT2D eigenvalue weighted by Gasteiger charge is -2.31. The fraction of sp³-hybridized carbons (Fsp3) is 0.533. The van der Waals surface area contributed by atoms with Crippen molar-refractivity contribution in [3.8, 4) is 5.75 Å². The minimum atomic E-state index is 0.239.